The first-order valence-corrected chi connectivity index (χ1v) is 5.79. The number of hydrogen-bond acceptors (Lipinski definition) is 2. The summed E-state index contributed by atoms with van der Waals surface area (Å²) >= 11 is 0. The van der Waals surface area contributed by atoms with Crippen LogP contribution in [0.3, 0.4) is 0 Å². The van der Waals surface area contributed by atoms with E-state index in [2.05, 4.69) is 33.0 Å². The van der Waals surface area contributed by atoms with Gasteiger partial charge in [0.15, 0.2) is 0 Å². The van der Waals surface area contributed by atoms with E-state index in [1.54, 1.807) is 0 Å². The van der Waals surface area contributed by atoms with Gasteiger partial charge >= 0.3 is 5.97 Å². The van der Waals surface area contributed by atoms with Crippen LogP contribution in [0.4, 0.5) is 0 Å². The molecule has 0 atom stereocenters. The zero-order chi connectivity index (χ0) is 11.7. The van der Waals surface area contributed by atoms with Crippen molar-refractivity contribution in [1.82, 2.24) is 5.32 Å². The maximum atomic E-state index is 11.6. The molecule has 0 unspecified atom stereocenters. The summed E-state index contributed by atoms with van der Waals surface area (Å²) in [5.41, 5.74) is -0.701. The van der Waals surface area contributed by atoms with Crippen LogP contribution in [0.2, 0.25) is 0 Å². The molecule has 2 N–H and O–H groups in total. The fourth-order valence-corrected chi connectivity index (χ4v) is 2.54. The lowest BCUT2D eigenvalue weighted by Crippen LogP contribution is -2.53. The molecule has 1 heterocycles. The van der Waals surface area contributed by atoms with Crippen LogP contribution in [0.15, 0.2) is 0 Å². The zero-order valence-corrected chi connectivity index (χ0v) is 10.3. The average molecular weight is 213 g/mol. The van der Waals surface area contributed by atoms with Crippen molar-refractivity contribution in [2.24, 2.45) is 16.7 Å². The van der Waals surface area contributed by atoms with Crippen LogP contribution >= 0.6 is 0 Å². The smallest absolute Gasteiger partial charge is 0.310 e. The zero-order valence-electron chi connectivity index (χ0n) is 10.3. The van der Waals surface area contributed by atoms with Crippen LogP contribution in [0.25, 0.3) is 0 Å². The van der Waals surface area contributed by atoms with Crippen LogP contribution in [0.5, 0.6) is 0 Å². The van der Waals surface area contributed by atoms with Gasteiger partial charge in [-0.2, -0.15) is 0 Å². The van der Waals surface area contributed by atoms with Crippen LogP contribution in [0, 0.1) is 16.7 Å². The van der Waals surface area contributed by atoms with Crippen LogP contribution in [0.1, 0.15) is 40.5 Å². The summed E-state index contributed by atoms with van der Waals surface area (Å²) in [6, 6.07) is 0. The van der Waals surface area contributed by atoms with E-state index in [0.717, 1.165) is 25.9 Å². The van der Waals surface area contributed by atoms with Gasteiger partial charge in [0.2, 0.25) is 0 Å². The van der Waals surface area contributed by atoms with E-state index in [9.17, 15) is 9.90 Å². The van der Waals surface area contributed by atoms with Crippen LogP contribution in [-0.2, 0) is 4.79 Å². The second kappa shape index (κ2) is 4.12. The molecule has 1 saturated heterocycles. The Morgan fingerprint density at radius 1 is 1.33 bits per heavy atom. The Kier molecular flexibility index (Phi) is 3.44. The molecule has 1 aliphatic rings. The molecule has 0 aliphatic carbocycles. The summed E-state index contributed by atoms with van der Waals surface area (Å²) in [5, 5.41) is 12.8. The SMILES string of the molecule is CC(C)C(C)(C)C1(C(=O)O)CCNCC1. The van der Waals surface area contributed by atoms with Crippen LogP contribution in [-0.4, -0.2) is 24.2 Å². The van der Waals surface area contributed by atoms with Gasteiger partial charge in [0.25, 0.3) is 0 Å². The van der Waals surface area contributed by atoms with E-state index in [1.165, 1.54) is 0 Å². The standard InChI is InChI=1S/C12H23NO2/c1-9(2)11(3,4)12(10(14)15)5-7-13-8-6-12/h9,13H,5-8H2,1-4H3,(H,14,15). The summed E-state index contributed by atoms with van der Waals surface area (Å²) in [7, 11) is 0. The van der Waals surface area contributed by atoms with E-state index in [-0.39, 0.29) is 5.41 Å². The Balaban J connectivity index is 3.04. The molecule has 88 valence electrons. The van der Waals surface area contributed by atoms with Crippen molar-refractivity contribution in [1.29, 1.82) is 0 Å². The first-order valence-electron chi connectivity index (χ1n) is 5.79. The Morgan fingerprint density at radius 3 is 2.13 bits per heavy atom. The topological polar surface area (TPSA) is 49.3 Å². The third-order valence-corrected chi connectivity index (χ3v) is 4.54. The van der Waals surface area contributed by atoms with Crippen molar-refractivity contribution in [3.05, 3.63) is 0 Å². The number of rotatable bonds is 3. The van der Waals surface area contributed by atoms with Crippen molar-refractivity contribution >= 4 is 5.97 Å². The van der Waals surface area contributed by atoms with Crippen molar-refractivity contribution < 1.29 is 9.90 Å². The molecule has 0 aromatic carbocycles. The molecule has 1 rings (SSSR count). The highest BCUT2D eigenvalue weighted by molar-refractivity contribution is 5.76. The number of carboxylic acid groups (broad SMARTS) is 1. The fourth-order valence-electron chi connectivity index (χ4n) is 2.54. The average Bonchev–Trinajstić information content (AvgIpc) is 2.18. The van der Waals surface area contributed by atoms with Crippen molar-refractivity contribution in [2.75, 3.05) is 13.1 Å². The highest BCUT2D eigenvalue weighted by atomic mass is 16.4. The van der Waals surface area contributed by atoms with E-state index >= 15 is 0 Å². The third-order valence-electron chi connectivity index (χ3n) is 4.54. The molecule has 0 spiro atoms. The molecule has 1 aliphatic heterocycles. The minimum atomic E-state index is -0.622. The summed E-state index contributed by atoms with van der Waals surface area (Å²) in [6.45, 7) is 10.1. The Morgan fingerprint density at radius 2 is 1.80 bits per heavy atom. The Hall–Kier alpha value is -0.570. The molecular formula is C12H23NO2. The molecule has 3 heteroatoms. The second-order valence-corrected chi connectivity index (χ2v) is 5.51. The quantitative estimate of drug-likeness (QED) is 0.755. The molecule has 0 aromatic rings. The van der Waals surface area contributed by atoms with Gasteiger partial charge in [-0.3, -0.25) is 4.79 Å². The minimum absolute atomic E-state index is 0.152. The Bertz CT molecular complexity index is 240. The number of nitrogens with one attached hydrogen (secondary N) is 1. The van der Waals surface area contributed by atoms with E-state index < -0.39 is 11.4 Å². The monoisotopic (exact) mass is 213 g/mol. The molecular weight excluding hydrogens is 190 g/mol. The maximum Gasteiger partial charge on any atom is 0.310 e. The predicted molar refractivity (Wildman–Crippen MR) is 60.8 cm³/mol. The van der Waals surface area contributed by atoms with Crippen molar-refractivity contribution in [3.8, 4) is 0 Å². The number of carboxylic acids is 1. The van der Waals surface area contributed by atoms with E-state index in [0.29, 0.717) is 5.92 Å². The number of hydrogen-bond donors (Lipinski definition) is 2. The lowest BCUT2D eigenvalue weighted by Gasteiger charge is -2.48. The largest absolute Gasteiger partial charge is 0.481 e. The highest BCUT2D eigenvalue weighted by Gasteiger charge is 2.52. The second-order valence-electron chi connectivity index (χ2n) is 5.51. The lowest BCUT2D eigenvalue weighted by atomic mass is 9.56. The van der Waals surface area contributed by atoms with Gasteiger partial charge in [0, 0.05) is 0 Å². The molecule has 0 radical (unpaired) electrons. The van der Waals surface area contributed by atoms with Gasteiger partial charge in [0.05, 0.1) is 5.41 Å². The molecule has 1 fully saturated rings. The third kappa shape index (κ3) is 1.89. The summed E-state index contributed by atoms with van der Waals surface area (Å²) in [6.07, 6.45) is 1.49. The first kappa shape index (κ1) is 12.5. The molecule has 0 bridgehead atoms. The molecule has 0 amide bonds. The number of piperidine rings is 1. The summed E-state index contributed by atoms with van der Waals surface area (Å²) in [4.78, 5) is 11.6. The van der Waals surface area contributed by atoms with E-state index in [4.69, 9.17) is 0 Å². The Labute approximate surface area is 92.3 Å². The normalized spacial score (nSPS) is 21.7. The number of aliphatic carboxylic acids is 1. The summed E-state index contributed by atoms with van der Waals surface area (Å²) < 4.78 is 0. The van der Waals surface area contributed by atoms with Gasteiger partial charge < -0.3 is 10.4 Å². The fraction of sp³-hybridized carbons (Fsp3) is 0.917. The highest BCUT2D eigenvalue weighted by Crippen LogP contribution is 2.50. The first-order chi connectivity index (χ1) is 6.84. The predicted octanol–water partition coefficient (Wildman–Crippen LogP) is 2.12. The minimum Gasteiger partial charge on any atom is -0.481 e. The van der Waals surface area contributed by atoms with Gasteiger partial charge in [0.1, 0.15) is 0 Å². The summed E-state index contributed by atoms with van der Waals surface area (Å²) in [5.74, 6) is -0.241. The van der Waals surface area contributed by atoms with Crippen molar-refractivity contribution in [3.63, 3.8) is 0 Å². The molecule has 3 nitrogen and oxygen atoms in total. The van der Waals surface area contributed by atoms with Crippen LogP contribution < -0.4 is 5.32 Å². The number of carbonyl (C=O) groups is 1. The van der Waals surface area contributed by atoms with E-state index in [1.807, 2.05) is 0 Å². The lowest BCUT2D eigenvalue weighted by molar-refractivity contribution is -0.163. The van der Waals surface area contributed by atoms with Gasteiger partial charge in [-0.25, -0.2) is 0 Å². The van der Waals surface area contributed by atoms with Gasteiger partial charge in [-0.1, -0.05) is 27.7 Å². The molecule has 0 saturated carbocycles. The van der Waals surface area contributed by atoms with Gasteiger partial charge in [-0.15, -0.1) is 0 Å². The van der Waals surface area contributed by atoms with Crippen molar-refractivity contribution in [2.45, 2.75) is 40.5 Å². The molecule has 0 aromatic heterocycles. The van der Waals surface area contributed by atoms with Gasteiger partial charge in [-0.05, 0) is 37.3 Å². The molecule has 15 heavy (non-hydrogen) atoms. The maximum absolute atomic E-state index is 11.6.